The molecule has 0 fully saturated rings. The molecule has 25 heavy (non-hydrogen) atoms. The summed E-state index contributed by atoms with van der Waals surface area (Å²) in [5.74, 6) is 1.96. The lowest BCUT2D eigenvalue weighted by molar-refractivity contribution is 0.198. The van der Waals surface area contributed by atoms with E-state index in [0.29, 0.717) is 24.0 Å². The highest BCUT2D eigenvalue weighted by Crippen LogP contribution is 2.27. The highest BCUT2D eigenvalue weighted by Gasteiger charge is 2.19. The Balaban J connectivity index is 1.49. The lowest BCUT2D eigenvalue weighted by Crippen LogP contribution is -2.21. The van der Waals surface area contributed by atoms with Crippen molar-refractivity contribution in [3.8, 4) is 11.5 Å². The number of para-hydroxylation sites is 1. The minimum Gasteiger partial charge on any atom is -0.459 e. The molecule has 6 nitrogen and oxygen atoms in total. The van der Waals surface area contributed by atoms with Gasteiger partial charge in [0.2, 0.25) is 11.7 Å². The van der Waals surface area contributed by atoms with Crippen LogP contribution < -0.4 is 0 Å². The van der Waals surface area contributed by atoms with Gasteiger partial charge in [0.1, 0.15) is 17.0 Å². The van der Waals surface area contributed by atoms with Crippen molar-refractivity contribution < 1.29 is 8.94 Å². The fraction of sp³-hybridized carbons (Fsp3) is 0.211. The summed E-state index contributed by atoms with van der Waals surface area (Å²) in [6.45, 7) is 2.62. The Morgan fingerprint density at radius 1 is 1.12 bits per heavy atom. The number of hydrogen-bond donors (Lipinski definition) is 0. The molecule has 0 bridgehead atoms. The molecular formula is C19H18N4O2. The summed E-state index contributed by atoms with van der Waals surface area (Å²) >= 11 is 0. The maximum absolute atomic E-state index is 5.94. The van der Waals surface area contributed by atoms with Gasteiger partial charge >= 0.3 is 0 Å². The molecule has 3 aromatic heterocycles. The van der Waals surface area contributed by atoms with Gasteiger partial charge in [0.05, 0.1) is 12.6 Å². The zero-order valence-electron chi connectivity index (χ0n) is 14.1. The van der Waals surface area contributed by atoms with E-state index in [1.165, 1.54) is 0 Å². The van der Waals surface area contributed by atoms with Crippen LogP contribution in [0.1, 0.15) is 24.6 Å². The third-order valence-electron chi connectivity index (χ3n) is 4.26. The molecule has 0 aliphatic carbocycles. The summed E-state index contributed by atoms with van der Waals surface area (Å²) in [5.41, 5.74) is 1.60. The molecule has 0 saturated heterocycles. The largest absolute Gasteiger partial charge is 0.459 e. The summed E-state index contributed by atoms with van der Waals surface area (Å²) in [5, 5.41) is 5.11. The number of aromatic nitrogens is 3. The highest BCUT2D eigenvalue weighted by atomic mass is 16.5. The van der Waals surface area contributed by atoms with Gasteiger partial charge in [-0.05, 0) is 38.2 Å². The fourth-order valence-corrected chi connectivity index (χ4v) is 2.69. The summed E-state index contributed by atoms with van der Waals surface area (Å²) in [4.78, 5) is 10.8. The number of hydrogen-bond acceptors (Lipinski definition) is 6. The van der Waals surface area contributed by atoms with E-state index in [-0.39, 0.29) is 6.04 Å². The molecule has 0 aliphatic heterocycles. The van der Waals surface area contributed by atoms with Crippen molar-refractivity contribution in [2.45, 2.75) is 19.5 Å². The quantitative estimate of drug-likeness (QED) is 0.548. The van der Waals surface area contributed by atoms with E-state index in [1.54, 1.807) is 6.20 Å². The topological polar surface area (TPSA) is 68.2 Å². The lowest BCUT2D eigenvalue weighted by atomic mass is 10.2. The highest BCUT2D eigenvalue weighted by molar-refractivity contribution is 5.77. The van der Waals surface area contributed by atoms with E-state index in [1.807, 2.05) is 49.5 Å². The molecule has 1 aromatic carbocycles. The van der Waals surface area contributed by atoms with Crippen molar-refractivity contribution in [3.63, 3.8) is 0 Å². The molecule has 4 aromatic rings. The molecule has 3 heterocycles. The van der Waals surface area contributed by atoms with Crippen molar-refractivity contribution in [1.82, 2.24) is 20.0 Å². The predicted octanol–water partition coefficient (Wildman–Crippen LogP) is 4.07. The van der Waals surface area contributed by atoms with E-state index in [0.717, 1.165) is 16.7 Å². The summed E-state index contributed by atoms with van der Waals surface area (Å²) in [7, 11) is 2.00. The van der Waals surface area contributed by atoms with Gasteiger partial charge in [0.15, 0.2) is 0 Å². The van der Waals surface area contributed by atoms with Crippen LogP contribution in [0.4, 0.5) is 0 Å². The molecular weight excluding hydrogens is 316 g/mol. The summed E-state index contributed by atoms with van der Waals surface area (Å²) in [6, 6.07) is 15.8. The summed E-state index contributed by atoms with van der Waals surface area (Å²) < 4.78 is 11.3. The van der Waals surface area contributed by atoms with Crippen LogP contribution in [0.3, 0.4) is 0 Å². The molecule has 4 rings (SSSR count). The average molecular weight is 334 g/mol. The van der Waals surface area contributed by atoms with Gasteiger partial charge in [-0.1, -0.05) is 29.4 Å². The van der Waals surface area contributed by atoms with Crippen LogP contribution in [0, 0.1) is 0 Å². The minimum atomic E-state index is 0.0811. The third-order valence-corrected chi connectivity index (χ3v) is 4.26. The maximum Gasteiger partial charge on any atom is 0.241 e. The van der Waals surface area contributed by atoms with Gasteiger partial charge in [-0.3, -0.25) is 9.88 Å². The normalized spacial score (nSPS) is 12.8. The Labute approximate surface area is 145 Å². The van der Waals surface area contributed by atoms with E-state index < -0.39 is 0 Å². The first-order valence-corrected chi connectivity index (χ1v) is 8.13. The van der Waals surface area contributed by atoms with Crippen molar-refractivity contribution >= 4 is 11.0 Å². The van der Waals surface area contributed by atoms with Gasteiger partial charge in [-0.15, -0.1) is 0 Å². The summed E-state index contributed by atoms with van der Waals surface area (Å²) in [6.07, 6.45) is 1.71. The monoisotopic (exact) mass is 334 g/mol. The second kappa shape index (κ2) is 6.49. The number of rotatable bonds is 5. The predicted molar refractivity (Wildman–Crippen MR) is 93.6 cm³/mol. The molecule has 1 atom stereocenters. The molecule has 0 unspecified atom stereocenters. The van der Waals surface area contributed by atoms with Crippen molar-refractivity contribution in [1.29, 1.82) is 0 Å². The molecule has 0 spiro atoms. The molecule has 0 aliphatic rings. The number of fused-ring (bicyclic) bond motifs is 1. The second-order valence-electron chi connectivity index (χ2n) is 6.00. The second-order valence-corrected chi connectivity index (χ2v) is 6.00. The first-order valence-electron chi connectivity index (χ1n) is 8.13. The molecule has 6 heteroatoms. The smallest absolute Gasteiger partial charge is 0.241 e. The van der Waals surface area contributed by atoms with Crippen LogP contribution in [0.15, 0.2) is 63.7 Å². The van der Waals surface area contributed by atoms with Gasteiger partial charge in [-0.25, -0.2) is 0 Å². The Hall–Kier alpha value is -2.99. The van der Waals surface area contributed by atoms with Crippen LogP contribution in [-0.4, -0.2) is 27.1 Å². The molecule has 0 radical (unpaired) electrons. The number of pyridine rings is 1. The van der Waals surface area contributed by atoms with E-state index in [4.69, 9.17) is 8.94 Å². The van der Waals surface area contributed by atoms with Crippen molar-refractivity contribution in [2.75, 3.05) is 7.05 Å². The molecule has 0 N–H and O–H groups in total. The minimum absolute atomic E-state index is 0.0811. The molecule has 0 amide bonds. The van der Waals surface area contributed by atoms with Crippen LogP contribution in [0.2, 0.25) is 0 Å². The van der Waals surface area contributed by atoms with Gasteiger partial charge < -0.3 is 8.94 Å². The number of furan rings is 1. The van der Waals surface area contributed by atoms with Gasteiger partial charge in [0.25, 0.3) is 0 Å². The SMILES string of the molecule is C[C@H](c1cc2ccccc2o1)N(C)Cc1nc(-c2ccccn2)no1. The van der Waals surface area contributed by atoms with Crippen LogP contribution in [0.25, 0.3) is 22.5 Å². The Morgan fingerprint density at radius 3 is 2.76 bits per heavy atom. The first-order chi connectivity index (χ1) is 12.2. The van der Waals surface area contributed by atoms with E-state index in [9.17, 15) is 0 Å². The Kier molecular flexibility index (Phi) is 4.03. The Bertz CT molecular complexity index is 944. The molecule has 0 saturated carbocycles. The Morgan fingerprint density at radius 2 is 1.96 bits per heavy atom. The zero-order valence-corrected chi connectivity index (χ0v) is 14.1. The lowest BCUT2D eigenvalue weighted by Gasteiger charge is -2.20. The van der Waals surface area contributed by atoms with Gasteiger partial charge in [0, 0.05) is 11.6 Å². The first kappa shape index (κ1) is 15.5. The number of benzene rings is 1. The number of nitrogens with zero attached hydrogens (tertiary/aromatic N) is 4. The fourth-order valence-electron chi connectivity index (χ4n) is 2.69. The van der Waals surface area contributed by atoms with Crippen LogP contribution in [0.5, 0.6) is 0 Å². The molecule has 126 valence electrons. The van der Waals surface area contributed by atoms with Crippen molar-refractivity contribution in [2.24, 2.45) is 0 Å². The van der Waals surface area contributed by atoms with Gasteiger partial charge in [-0.2, -0.15) is 4.98 Å². The zero-order chi connectivity index (χ0) is 17.2. The average Bonchev–Trinajstić information content (AvgIpc) is 3.28. The van der Waals surface area contributed by atoms with E-state index in [2.05, 4.69) is 33.0 Å². The third kappa shape index (κ3) is 3.16. The van der Waals surface area contributed by atoms with E-state index >= 15 is 0 Å². The van der Waals surface area contributed by atoms with Crippen LogP contribution >= 0.6 is 0 Å². The maximum atomic E-state index is 5.94. The van der Waals surface area contributed by atoms with Crippen LogP contribution in [-0.2, 0) is 6.54 Å². The van der Waals surface area contributed by atoms with Crippen molar-refractivity contribution in [3.05, 3.63) is 66.4 Å². The standard InChI is InChI=1S/C19H18N4O2/c1-13(17-11-14-7-3-4-9-16(14)24-17)23(2)12-18-21-19(22-25-18)15-8-5-6-10-20-15/h3-11,13H,12H2,1-2H3/t13-/m1/s1.